The molecule has 110 valence electrons. The lowest BCUT2D eigenvalue weighted by Crippen LogP contribution is -2.35. The Morgan fingerprint density at radius 1 is 1.48 bits per heavy atom. The van der Waals surface area contributed by atoms with Crippen molar-refractivity contribution in [2.75, 3.05) is 13.7 Å². The smallest absolute Gasteiger partial charge is 0.192 e. The molecule has 2 heterocycles. The van der Waals surface area contributed by atoms with E-state index in [-0.39, 0.29) is 6.04 Å². The summed E-state index contributed by atoms with van der Waals surface area (Å²) in [5.41, 5.74) is 7.25. The molecule has 3 rings (SSSR count). The third-order valence-corrected chi connectivity index (χ3v) is 5.04. The van der Waals surface area contributed by atoms with Crippen molar-refractivity contribution in [3.05, 3.63) is 50.6 Å². The number of halogens is 1. The first kappa shape index (κ1) is 14.4. The first-order chi connectivity index (χ1) is 10.2. The zero-order valence-electron chi connectivity index (χ0n) is 11.6. The summed E-state index contributed by atoms with van der Waals surface area (Å²) in [6.45, 7) is 1.48. The summed E-state index contributed by atoms with van der Waals surface area (Å²) in [4.78, 5) is 7.84. The van der Waals surface area contributed by atoms with Gasteiger partial charge in [-0.2, -0.15) is 0 Å². The molecule has 1 aromatic carbocycles. The molecule has 2 N–H and O–H groups in total. The molecule has 6 heteroatoms. The monoisotopic (exact) mass is 365 g/mol. The summed E-state index contributed by atoms with van der Waals surface area (Å²) in [5, 5.41) is 2.08. The molecule has 1 aliphatic rings. The fourth-order valence-electron chi connectivity index (χ4n) is 2.47. The molecule has 1 aromatic heterocycles. The molecule has 0 saturated carbocycles. The van der Waals surface area contributed by atoms with Gasteiger partial charge >= 0.3 is 0 Å². The summed E-state index contributed by atoms with van der Waals surface area (Å²) in [6, 6.07) is 10.5. The van der Waals surface area contributed by atoms with Gasteiger partial charge in [0.05, 0.1) is 30.7 Å². The minimum Gasteiger partial charge on any atom is -0.496 e. The van der Waals surface area contributed by atoms with Crippen LogP contribution in [-0.4, -0.2) is 24.5 Å². The van der Waals surface area contributed by atoms with E-state index in [1.54, 1.807) is 18.4 Å². The Labute approximate surface area is 136 Å². The maximum atomic E-state index is 6.06. The van der Waals surface area contributed by atoms with Gasteiger partial charge in [-0.25, -0.2) is 0 Å². The number of methoxy groups -OCH3 is 1. The van der Waals surface area contributed by atoms with Gasteiger partial charge in [0.2, 0.25) is 0 Å². The van der Waals surface area contributed by atoms with E-state index >= 15 is 0 Å². The van der Waals surface area contributed by atoms with Crippen molar-refractivity contribution >= 4 is 33.2 Å². The second-order valence-electron chi connectivity index (χ2n) is 4.82. The number of nitrogens with zero attached hydrogens (tertiary/aromatic N) is 2. The molecule has 1 aliphatic heterocycles. The molecule has 1 atom stereocenters. The molecular weight excluding hydrogens is 350 g/mol. The van der Waals surface area contributed by atoms with Crippen LogP contribution in [0, 0.1) is 0 Å². The number of hydrogen-bond acceptors (Lipinski definition) is 5. The van der Waals surface area contributed by atoms with Crippen LogP contribution in [0.2, 0.25) is 0 Å². The molecule has 0 radical (unpaired) electrons. The van der Waals surface area contributed by atoms with Crippen LogP contribution in [0.15, 0.2) is 45.2 Å². The van der Waals surface area contributed by atoms with Gasteiger partial charge in [0.1, 0.15) is 5.75 Å². The fraction of sp³-hybridized carbons (Fsp3) is 0.267. The van der Waals surface area contributed by atoms with Gasteiger partial charge in [0, 0.05) is 4.88 Å². The van der Waals surface area contributed by atoms with E-state index in [1.165, 1.54) is 10.4 Å². The highest BCUT2D eigenvalue weighted by atomic mass is 79.9. The number of rotatable bonds is 4. The minimum atomic E-state index is 0.175. The molecule has 0 spiro atoms. The Kier molecular flexibility index (Phi) is 4.17. The van der Waals surface area contributed by atoms with Gasteiger partial charge in [-0.1, -0.05) is 12.1 Å². The van der Waals surface area contributed by atoms with Crippen LogP contribution in [0.4, 0.5) is 0 Å². The highest BCUT2D eigenvalue weighted by Gasteiger charge is 2.28. The number of benzene rings is 1. The van der Waals surface area contributed by atoms with Gasteiger partial charge in [-0.3, -0.25) is 4.99 Å². The first-order valence-corrected chi connectivity index (χ1v) is 8.28. The lowest BCUT2D eigenvalue weighted by Gasteiger charge is -2.26. The van der Waals surface area contributed by atoms with Crippen molar-refractivity contribution in [2.24, 2.45) is 10.7 Å². The van der Waals surface area contributed by atoms with Crippen LogP contribution in [0.5, 0.6) is 5.75 Å². The molecule has 0 saturated heterocycles. The number of aliphatic imine (C=N–C) groups is 1. The predicted octanol–water partition coefficient (Wildman–Crippen LogP) is 3.39. The van der Waals surface area contributed by atoms with Gasteiger partial charge in [-0.05, 0) is 45.1 Å². The second-order valence-corrected chi connectivity index (χ2v) is 6.70. The predicted molar refractivity (Wildman–Crippen MR) is 89.8 cm³/mol. The van der Waals surface area contributed by atoms with Crippen molar-refractivity contribution in [2.45, 2.75) is 12.6 Å². The number of ether oxygens (including phenoxy) is 1. The van der Waals surface area contributed by atoms with E-state index in [0.717, 1.165) is 16.8 Å². The molecule has 2 aromatic rings. The van der Waals surface area contributed by atoms with Crippen LogP contribution in [0.3, 0.4) is 0 Å². The Morgan fingerprint density at radius 2 is 2.33 bits per heavy atom. The number of guanidine groups is 1. The van der Waals surface area contributed by atoms with Crippen molar-refractivity contribution in [1.29, 1.82) is 0 Å². The summed E-state index contributed by atoms with van der Waals surface area (Å²) >= 11 is 5.28. The highest BCUT2D eigenvalue weighted by molar-refractivity contribution is 9.10. The summed E-state index contributed by atoms with van der Waals surface area (Å²) in [7, 11) is 1.67. The normalized spacial score (nSPS) is 17.9. The van der Waals surface area contributed by atoms with Crippen molar-refractivity contribution in [3.8, 4) is 5.75 Å². The van der Waals surface area contributed by atoms with E-state index in [1.807, 2.05) is 6.07 Å². The maximum Gasteiger partial charge on any atom is 0.192 e. The summed E-state index contributed by atoms with van der Waals surface area (Å²) < 4.78 is 6.23. The largest absolute Gasteiger partial charge is 0.496 e. The standard InChI is InChI=1S/C15H16BrN3OS/c1-20-14-5-4-10(7-12(14)16)13-8-18-15(17)19(13)9-11-3-2-6-21-11/h2-7,13H,8-9H2,1H3,(H2,17,18). The highest BCUT2D eigenvalue weighted by Crippen LogP contribution is 2.33. The van der Waals surface area contributed by atoms with E-state index < -0.39 is 0 Å². The number of thiophene rings is 1. The zero-order chi connectivity index (χ0) is 14.8. The zero-order valence-corrected chi connectivity index (χ0v) is 14.0. The third kappa shape index (κ3) is 2.91. The Hall–Kier alpha value is -1.53. The van der Waals surface area contributed by atoms with Crippen LogP contribution in [0.1, 0.15) is 16.5 Å². The van der Waals surface area contributed by atoms with Gasteiger partial charge < -0.3 is 15.4 Å². The number of nitrogens with two attached hydrogens (primary N) is 1. The van der Waals surface area contributed by atoms with Crippen LogP contribution in [-0.2, 0) is 6.54 Å². The summed E-state index contributed by atoms with van der Waals surface area (Å²) in [6.07, 6.45) is 0. The second kappa shape index (κ2) is 6.07. The van der Waals surface area contributed by atoms with Gasteiger partial charge in [0.25, 0.3) is 0 Å². The maximum absolute atomic E-state index is 6.06. The fourth-order valence-corrected chi connectivity index (χ4v) is 3.73. The van der Waals surface area contributed by atoms with Crippen molar-refractivity contribution in [3.63, 3.8) is 0 Å². The average Bonchev–Trinajstić information content (AvgIpc) is 3.11. The Bertz CT molecular complexity index is 657. The van der Waals surface area contributed by atoms with Crippen LogP contribution >= 0.6 is 27.3 Å². The third-order valence-electron chi connectivity index (χ3n) is 3.56. The van der Waals surface area contributed by atoms with E-state index in [0.29, 0.717) is 12.5 Å². The number of hydrogen-bond donors (Lipinski definition) is 1. The van der Waals surface area contributed by atoms with E-state index in [2.05, 4.69) is 55.5 Å². The Morgan fingerprint density at radius 3 is 3.00 bits per heavy atom. The molecule has 1 unspecified atom stereocenters. The van der Waals surface area contributed by atoms with Gasteiger partial charge in [-0.15, -0.1) is 11.3 Å². The summed E-state index contributed by atoms with van der Waals surface area (Å²) in [5.74, 6) is 1.44. The quantitative estimate of drug-likeness (QED) is 0.903. The lowest BCUT2D eigenvalue weighted by molar-refractivity contribution is 0.342. The van der Waals surface area contributed by atoms with Gasteiger partial charge in [0.15, 0.2) is 5.96 Å². The van der Waals surface area contributed by atoms with E-state index in [9.17, 15) is 0 Å². The molecule has 21 heavy (non-hydrogen) atoms. The SMILES string of the molecule is COc1ccc(C2CN=C(N)N2Cc2cccs2)cc1Br. The molecule has 0 fully saturated rings. The minimum absolute atomic E-state index is 0.175. The van der Waals surface area contributed by atoms with Crippen molar-refractivity contribution < 1.29 is 4.74 Å². The Balaban J connectivity index is 1.85. The molecular formula is C15H16BrN3OS. The molecule has 4 nitrogen and oxygen atoms in total. The molecule has 0 bridgehead atoms. The molecule has 0 aliphatic carbocycles. The topological polar surface area (TPSA) is 50.9 Å². The first-order valence-electron chi connectivity index (χ1n) is 6.61. The molecule has 0 amide bonds. The van der Waals surface area contributed by atoms with Crippen LogP contribution < -0.4 is 10.5 Å². The van der Waals surface area contributed by atoms with Crippen molar-refractivity contribution in [1.82, 2.24) is 4.90 Å². The van der Waals surface area contributed by atoms with E-state index in [4.69, 9.17) is 10.5 Å². The lowest BCUT2D eigenvalue weighted by atomic mass is 10.1. The van der Waals surface area contributed by atoms with Crippen LogP contribution in [0.25, 0.3) is 0 Å². The average molecular weight is 366 g/mol.